The van der Waals surface area contributed by atoms with Gasteiger partial charge in [0.1, 0.15) is 0 Å². The average molecular weight is 249 g/mol. The van der Waals surface area contributed by atoms with Crippen LogP contribution in [-0.2, 0) is 0 Å². The summed E-state index contributed by atoms with van der Waals surface area (Å²) in [5.41, 5.74) is 4.12. The van der Waals surface area contributed by atoms with E-state index in [1.807, 2.05) is 6.92 Å². The second-order valence-electron chi connectivity index (χ2n) is 4.92. The fourth-order valence-corrected chi connectivity index (χ4v) is 2.56. The van der Waals surface area contributed by atoms with Crippen LogP contribution in [0.25, 0.3) is 5.57 Å². The van der Waals surface area contributed by atoms with Crippen molar-refractivity contribution in [3.05, 3.63) is 41.5 Å². The minimum atomic E-state index is 0.107. The summed E-state index contributed by atoms with van der Waals surface area (Å²) in [6.45, 7) is 2.02. The Balaban J connectivity index is 2.14. The monoisotopic (exact) mass is 248 g/mol. The van der Waals surface area contributed by atoms with Crippen LogP contribution in [0.15, 0.2) is 30.3 Å². The number of rotatable bonds is 2. The molecular weight excluding hydrogens is 228 g/mol. The van der Waals surface area contributed by atoms with Crippen LogP contribution in [-0.4, -0.2) is 0 Å². The van der Waals surface area contributed by atoms with E-state index in [2.05, 4.69) is 30.3 Å². The van der Waals surface area contributed by atoms with Gasteiger partial charge in [0.25, 0.3) is 0 Å². The van der Waals surface area contributed by atoms with Gasteiger partial charge in [0.05, 0.1) is 5.38 Å². The van der Waals surface area contributed by atoms with Crippen molar-refractivity contribution in [3.63, 3.8) is 0 Å². The Labute approximate surface area is 110 Å². The first-order chi connectivity index (χ1) is 8.27. The minimum Gasteiger partial charge on any atom is -0.118 e. The van der Waals surface area contributed by atoms with Crippen molar-refractivity contribution in [2.45, 2.75) is 50.8 Å². The summed E-state index contributed by atoms with van der Waals surface area (Å²) in [7, 11) is 0. The number of allylic oxidation sites excluding steroid dienone is 2. The molecule has 0 aromatic heterocycles. The van der Waals surface area contributed by atoms with Gasteiger partial charge in [0.15, 0.2) is 0 Å². The first-order valence-corrected chi connectivity index (χ1v) is 7.14. The van der Waals surface area contributed by atoms with Crippen molar-refractivity contribution in [1.82, 2.24) is 0 Å². The summed E-state index contributed by atoms with van der Waals surface area (Å²) in [6, 6.07) is 8.77. The number of halogens is 1. The molecule has 2 rings (SSSR count). The molecule has 0 fully saturated rings. The summed E-state index contributed by atoms with van der Waals surface area (Å²) in [5, 5.41) is 0.107. The Morgan fingerprint density at radius 3 is 2.41 bits per heavy atom. The number of benzene rings is 1. The number of hydrogen-bond acceptors (Lipinski definition) is 0. The molecule has 1 aliphatic carbocycles. The highest BCUT2D eigenvalue weighted by molar-refractivity contribution is 6.20. The molecule has 0 bridgehead atoms. The second kappa shape index (κ2) is 6.26. The quantitative estimate of drug-likeness (QED) is 0.587. The van der Waals surface area contributed by atoms with Crippen LogP contribution in [0.2, 0.25) is 0 Å². The predicted octanol–water partition coefficient (Wildman–Crippen LogP) is 5.72. The van der Waals surface area contributed by atoms with E-state index in [0.717, 1.165) is 0 Å². The van der Waals surface area contributed by atoms with Crippen LogP contribution in [0.4, 0.5) is 0 Å². The van der Waals surface area contributed by atoms with E-state index in [9.17, 15) is 0 Å². The first-order valence-electron chi connectivity index (χ1n) is 6.71. The highest BCUT2D eigenvalue weighted by Gasteiger charge is 2.06. The molecule has 1 atom stereocenters. The zero-order valence-corrected chi connectivity index (χ0v) is 11.3. The molecule has 0 saturated carbocycles. The maximum absolute atomic E-state index is 6.07. The van der Waals surface area contributed by atoms with E-state index in [-0.39, 0.29) is 5.38 Å². The van der Waals surface area contributed by atoms with Gasteiger partial charge in [-0.2, -0.15) is 0 Å². The van der Waals surface area contributed by atoms with Crippen LogP contribution in [0.5, 0.6) is 0 Å². The fourth-order valence-electron chi connectivity index (χ4n) is 2.42. The molecule has 92 valence electrons. The third kappa shape index (κ3) is 3.61. The van der Waals surface area contributed by atoms with Gasteiger partial charge in [0, 0.05) is 0 Å². The van der Waals surface area contributed by atoms with Gasteiger partial charge in [0.2, 0.25) is 0 Å². The van der Waals surface area contributed by atoms with Crippen LogP contribution >= 0.6 is 11.6 Å². The van der Waals surface area contributed by atoms with Gasteiger partial charge in [-0.3, -0.25) is 0 Å². The summed E-state index contributed by atoms with van der Waals surface area (Å²) in [5.74, 6) is 0. The lowest BCUT2D eigenvalue weighted by Gasteiger charge is -2.12. The molecule has 1 aromatic carbocycles. The van der Waals surface area contributed by atoms with Gasteiger partial charge < -0.3 is 0 Å². The summed E-state index contributed by atoms with van der Waals surface area (Å²) >= 11 is 6.07. The van der Waals surface area contributed by atoms with Crippen molar-refractivity contribution >= 4 is 17.2 Å². The van der Waals surface area contributed by atoms with Crippen molar-refractivity contribution < 1.29 is 0 Å². The van der Waals surface area contributed by atoms with E-state index in [0.29, 0.717) is 0 Å². The van der Waals surface area contributed by atoms with Crippen molar-refractivity contribution in [2.24, 2.45) is 0 Å². The third-order valence-corrected chi connectivity index (χ3v) is 3.78. The van der Waals surface area contributed by atoms with Crippen LogP contribution in [0, 0.1) is 0 Å². The van der Waals surface area contributed by atoms with Crippen molar-refractivity contribution in [3.8, 4) is 0 Å². The third-order valence-electron chi connectivity index (χ3n) is 3.53. The molecule has 0 saturated heterocycles. The highest BCUT2D eigenvalue weighted by atomic mass is 35.5. The van der Waals surface area contributed by atoms with Gasteiger partial charge in [-0.15, -0.1) is 11.6 Å². The lowest BCUT2D eigenvalue weighted by molar-refractivity contribution is 0.643. The molecule has 0 aliphatic heterocycles. The Hall–Kier alpha value is -0.750. The minimum absolute atomic E-state index is 0.107. The summed E-state index contributed by atoms with van der Waals surface area (Å²) in [6.07, 6.45) is 10.4. The SMILES string of the molecule is CC(Cl)c1ccc(C2=CCCCCCC2)cc1. The predicted molar refractivity (Wildman–Crippen MR) is 76.4 cm³/mol. The van der Waals surface area contributed by atoms with Crippen LogP contribution in [0.3, 0.4) is 0 Å². The molecule has 1 heteroatoms. The molecule has 0 radical (unpaired) electrons. The topological polar surface area (TPSA) is 0 Å². The fraction of sp³-hybridized carbons (Fsp3) is 0.500. The van der Waals surface area contributed by atoms with Gasteiger partial charge >= 0.3 is 0 Å². The van der Waals surface area contributed by atoms with Crippen molar-refractivity contribution in [1.29, 1.82) is 0 Å². The maximum atomic E-state index is 6.07. The highest BCUT2D eigenvalue weighted by Crippen LogP contribution is 2.27. The largest absolute Gasteiger partial charge is 0.118 e. The summed E-state index contributed by atoms with van der Waals surface area (Å²) < 4.78 is 0. The normalized spacial score (nSPS) is 19.1. The zero-order valence-electron chi connectivity index (χ0n) is 10.6. The van der Waals surface area contributed by atoms with E-state index in [4.69, 9.17) is 11.6 Å². The van der Waals surface area contributed by atoms with Crippen LogP contribution < -0.4 is 0 Å². The van der Waals surface area contributed by atoms with Crippen LogP contribution in [0.1, 0.15) is 62.0 Å². The van der Waals surface area contributed by atoms with E-state index in [1.165, 1.54) is 55.2 Å². The molecule has 0 heterocycles. The molecular formula is C16H21Cl. The molecule has 1 aliphatic rings. The zero-order chi connectivity index (χ0) is 12.1. The average Bonchev–Trinajstić information content (AvgIpc) is 2.29. The van der Waals surface area contributed by atoms with Gasteiger partial charge in [-0.1, -0.05) is 43.2 Å². The Morgan fingerprint density at radius 2 is 1.71 bits per heavy atom. The molecule has 0 amide bonds. The number of hydrogen-bond donors (Lipinski definition) is 0. The Bertz CT molecular complexity index is 373. The van der Waals surface area contributed by atoms with Crippen molar-refractivity contribution in [2.75, 3.05) is 0 Å². The smallest absolute Gasteiger partial charge is 0.0557 e. The first kappa shape index (κ1) is 12.7. The molecule has 17 heavy (non-hydrogen) atoms. The lowest BCUT2D eigenvalue weighted by Crippen LogP contribution is -1.91. The molecule has 1 unspecified atom stereocenters. The second-order valence-corrected chi connectivity index (χ2v) is 5.57. The van der Waals surface area contributed by atoms with E-state index >= 15 is 0 Å². The van der Waals surface area contributed by atoms with E-state index in [1.54, 1.807) is 0 Å². The number of alkyl halides is 1. The van der Waals surface area contributed by atoms with E-state index < -0.39 is 0 Å². The molecule has 0 N–H and O–H groups in total. The van der Waals surface area contributed by atoms with Gasteiger partial charge in [-0.25, -0.2) is 0 Å². The standard InChI is InChI=1S/C16H21Cl/c1-13(17)14-9-11-16(12-10-14)15-7-5-3-2-4-6-8-15/h7,9-13H,2-6,8H2,1H3. The Morgan fingerprint density at radius 1 is 1.00 bits per heavy atom. The van der Waals surface area contributed by atoms with Gasteiger partial charge in [-0.05, 0) is 49.3 Å². The Kier molecular flexibility index (Phi) is 4.67. The molecule has 0 spiro atoms. The summed E-state index contributed by atoms with van der Waals surface area (Å²) in [4.78, 5) is 0. The molecule has 0 nitrogen and oxygen atoms in total. The maximum Gasteiger partial charge on any atom is 0.0557 e. The lowest BCUT2D eigenvalue weighted by atomic mass is 9.94. The molecule has 1 aromatic rings.